The van der Waals surface area contributed by atoms with Crippen molar-refractivity contribution in [1.82, 2.24) is 10.6 Å². The predicted molar refractivity (Wildman–Crippen MR) is 81.4 cm³/mol. The minimum Gasteiger partial charge on any atom is -0.496 e. The number of ether oxygens (including phenoxy) is 3. The summed E-state index contributed by atoms with van der Waals surface area (Å²) >= 11 is 0. The van der Waals surface area contributed by atoms with Gasteiger partial charge in [0.1, 0.15) is 23.7 Å². The molecule has 0 heterocycles. The molecule has 0 aliphatic carbocycles. The first kappa shape index (κ1) is 17.4. The lowest BCUT2D eigenvalue weighted by atomic mass is 10.1. The summed E-state index contributed by atoms with van der Waals surface area (Å²) < 4.78 is 15.1. The van der Waals surface area contributed by atoms with Crippen LogP contribution in [0, 0.1) is 0 Å². The summed E-state index contributed by atoms with van der Waals surface area (Å²) in [5, 5.41) is 5.17. The van der Waals surface area contributed by atoms with Crippen LogP contribution in [0.4, 0.5) is 4.79 Å². The molecule has 2 N–H and O–H groups in total. The van der Waals surface area contributed by atoms with Gasteiger partial charge in [0.15, 0.2) is 0 Å². The largest absolute Gasteiger partial charge is 0.496 e. The van der Waals surface area contributed by atoms with E-state index in [4.69, 9.17) is 14.2 Å². The van der Waals surface area contributed by atoms with Gasteiger partial charge < -0.3 is 24.8 Å². The molecule has 0 aliphatic heterocycles. The minimum atomic E-state index is -0.566. The molecule has 0 spiro atoms. The molecule has 7 heteroatoms. The van der Waals surface area contributed by atoms with Crippen LogP contribution >= 0.6 is 0 Å². The standard InChI is InChI=1S/C15H20N2O5/c1-4-10-22-15(19)17-9-8-16-14(18)13-11(20-2)6-5-7-12(13)21-3/h4-7H,1,8-10H2,2-3H3,(H,16,18)(H,17,19). The van der Waals surface area contributed by atoms with E-state index in [9.17, 15) is 9.59 Å². The van der Waals surface area contributed by atoms with Crippen molar-refractivity contribution in [3.63, 3.8) is 0 Å². The van der Waals surface area contributed by atoms with Crippen LogP contribution in [0.2, 0.25) is 0 Å². The third-order valence-corrected chi connectivity index (χ3v) is 2.67. The van der Waals surface area contributed by atoms with Gasteiger partial charge in [0.05, 0.1) is 14.2 Å². The van der Waals surface area contributed by atoms with Crippen LogP contribution in [0.1, 0.15) is 10.4 Å². The van der Waals surface area contributed by atoms with Gasteiger partial charge in [-0.3, -0.25) is 4.79 Å². The van der Waals surface area contributed by atoms with Crippen molar-refractivity contribution in [2.45, 2.75) is 0 Å². The predicted octanol–water partition coefficient (Wildman–Crippen LogP) is 1.35. The van der Waals surface area contributed by atoms with Crippen molar-refractivity contribution in [3.8, 4) is 11.5 Å². The van der Waals surface area contributed by atoms with Crippen LogP contribution in [0.25, 0.3) is 0 Å². The molecule has 0 aliphatic rings. The van der Waals surface area contributed by atoms with Gasteiger partial charge in [-0.2, -0.15) is 0 Å². The summed E-state index contributed by atoms with van der Waals surface area (Å²) in [6.45, 7) is 4.04. The van der Waals surface area contributed by atoms with Crippen molar-refractivity contribution >= 4 is 12.0 Å². The SMILES string of the molecule is C=CCOC(=O)NCCNC(=O)c1c(OC)cccc1OC. The second-order valence-electron chi connectivity index (χ2n) is 4.11. The molecule has 7 nitrogen and oxygen atoms in total. The highest BCUT2D eigenvalue weighted by atomic mass is 16.5. The molecular weight excluding hydrogens is 288 g/mol. The van der Waals surface area contributed by atoms with Gasteiger partial charge in [-0.05, 0) is 12.1 Å². The summed E-state index contributed by atoms with van der Waals surface area (Å²) in [7, 11) is 2.95. The molecule has 22 heavy (non-hydrogen) atoms. The number of amides is 2. The lowest BCUT2D eigenvalue weighted by Gasteiger charge is -2.13. The van der Waals surface area contributed by atoms with Crippen LogP contribution in [-0.2, 0) is 4.74 Å². The van der Waals surface area contributed by atoms with E-state index in [0.29, 0.717) is 17.1 Å². The molecule has 1 aromatic carbocycles. The third-order valence-electron chi connectivity index (χ3n) is 2.67. The summed E-state index contributed by atoms with van der Waals surface area (Å²) in [6.07, 6.45) is 0.902. The highest BCUT2D eigenvalue weighted by molar-refractivity contribution is 5.99. The molecule has 0 bridgehead atoms. The highest BCUT2D eigenvalue weighted by Crippen LogP contribution is 2.27. The van der Waals surface area contributed by atoms with E-state index in [1.165, 1.54) is 20.3 Å². The van der Waals surface area contributed by atoms with Gasteiger partial charge in [-0.25, -0.2) is 4.79 Å². The molecule has 0 atom stereocenters. The monoisotopic (exact) mass is 308 g/mol. The Kier molecular flexibility index (Phi) is 7.32. The van der Waals surface area contributed by atoms with E-state index in [2.05, 4.69) is 17.2 Å². The number of alkyl carbamates (subject to hydrolysis) is 1. The first-order valence-electron chi connectivity index (χ1n) is 6.64. The molecule has 0 fully saturated rings. The summed E-state index contributed by atoms with van der Waals surface area (Å²) in [6, 6.07) is 5.07. The lowest BCUT2D eigenvalue weighted by molar-refractivity contribution is 0.0946. The fourth-order valence-corrected chi connectivity index (χ4v) is 1.69. The van der Waals surface area contributed by atoms with E-state index < -0.39 is 6.09 Å². The summed E-state index contributed by atoms with van der Waals surface area (Å²) in [5.41, 5.74) is 0.307. The molecule has 2 amide bonds. The quantitative estimate of drug-likeness (QED) is 0.559. The topological polar surface area (TPSA) is 85.9 Å². The molecule has 1 rings (SSSR count). The lowest BCUT2D eigenvalue weighted by Crippen LogP contribution is -2.35. The maximum Gasteiger partial charge on any atom is 0.407 e. The molecule has 1 aromatic rings. The van der Waals surface area contributed by atoms with Crippen molar-refractivity contribution in [1.29, 1.82) is 0 Å². The number of rotatable bonds is 8. The number of hydrogen-bond acceptors (Lipinski definition) is 5. The average Bonchev–Trinajstić information content (AvgIpc) is 2.55. The average molecular weight is 308 g/mol. The first-order chi connectivity index (χ1) is 10.6. The number of hydrogen-bond donors (Lipinski definition) is 2. The molecule has 0 saturated heterocycles. The van der Waals surface area contributed by atoms with Crippen molar-refractivity contribution in [2.75, 3.05) is 33.9 Å². The number of carbonyl (C=O) groups excluding carboxylic acids is 2. The summed E-state index contributed by atoms with van der Waals surface area (Å²) in [5.74, 6) is 0.473. The Labute approximate surface area is 129 Å². The van der Waals surface area contributed by atoms with E-state index >= 15 is 0 Å². The van der Waals surface area contributed by atoms with Crippen LogP contribution < -0.4 is 20.1 Å². The van der Waals surface area contributed by atoms with Gasteiger partial charge in [0.25, 0.3) is 5.91 Å². The zero-order chi connectivity index (χ0) is 16.4. The molecule has 0 saturated carbocycles. The Bertz CT molecular complexity index is 508. The van der Waals surface area contributed by atoms with Gasteiger partial charge in [0, 0.05) is 13.1 Å². The highest BCUT2D eigenvalue weighted by Gasteiger charge is 2.17. The van der Waals surface area contributed by atoms with Gasteiger partial charge in [-0.15, -0.1) is 0 Å². The smallest absolute Gasteiger partial charge is 0.407 e. The van der Waals surface area contributed by atoms with Crippen LogP contribution in [0.3, 0.4) is 0 Å². The van der Waals surface area contributed by atoms with Crippen molar-refractivity contribution < 1.29 is 23.8 Å². The fraction of sp³-hybridized carbons (Fsp3) is 0.333. The minimum absolute atomic E-state index is 0.136. The van der Waals surface area contributed by atoms with E-state index in [1.54, 1.807) is 18.2 Å². The zero-order valence-electron chi connectivity index (χ0n) is 12.7. The molecular formula is C15H20N2O5. The number of nitrogens with one attached hydrogen (secondary N) is 2. The Hall–Kier alpha value is -2.70. The Morgan fingerprint density at radius 2 is 1.73 bits per heavy atom. The number of benzene rings is 1. The molecule has 0 aromatic heterocycles. The first-order valence-corrected chi connectivity index (χ1v) is 6.64. The van der Waals surface area contributed by atoms with Gasteiger partial charge in [-0.1, -0.05) is 18.7 Å². The summed E-state index contributed by atoms with van der Waals surface area (Å²) in [4.78, 5) is 23.4. The Morgan fingerprint density at radius 3 is 2.27 bits per heavy atom. The number of carbonyl (C=O) groups is 2. The van der Waals surface area contributed by atoms with Gasteiger partial charge >= 0.3 is 6.09 Å². The maximum atomic E-state index is 12.2. The Morgan fingerprint density at radius 1 is 1.14 bits per heavy atom. The van der Waals surface area contributed by atoms with Crippen LogP contribution in [0.5, 0.6) is 11.5 Å². The Balaban J connectivity index is 2.52. The fourth-order valence-electron chi connectivity index (χ4n) is 1.69. The van der Waals surface area contributed by atoms with E-state index in [0.717, 1.165) is 0 Å². The second-order valence-corrected chi connectivity index (χ2v) is 4.11. The molecule has 120 valence electrons. The maximum absolute atomic E-state index is 12.2. The van der Waals surface area contributed by atoms with Gasteiger partial charge in [0.2, 0.25) is 0 Å². The normalized spacial score (nSPS) is 9.55. The number of methoxy groups -OCH3 is 2. The van der Waals surface area contributed by atoms with E-state index in [-0.39, 0.29) is 25.6 Å². The van der Waals surface area contributed by atoms with E-state index in [1.807, 2.05) is 0 Å². The second kappa shape index (κ2) is 9.28. The van der Waals surface area contributed by atoms with Crippen molar-refractivity contribution in [3.05, 3.63) is 36.4 Å². The third kappa shape index (κ3) is 5.01. The van der Waals surface area contributed by atoms with Crippen LogP contribution in [0.15, 0.2) is 30.9 Å². The zero-order valence-corrected chi connectivity index (χ0v) is 12.7. The molecule has 0 unspecified atom stereocenters. The van der Waals surface area contributed by atoms with Crippen molar-refractivity contribution in [2.24, 2.45) is 0 Å². The van der Waals surface area contributed by atoms with Crippen LogP contribution in [-0.4, -0.2) is 45.9 Å². The molecule has 0 radical (unpaired) electrons.